The molecule has 2 aromatic carbocycles. The van der Waals surface area contributed by atoms with Crippen LogP contribution in [0.2, 0.25) is 10.0 Å². The van der Waals surface area contributed by atoms with Crippen molar-refractivity contribution in [1.29, 1.82) is 5.26 Å². The van der Waals surface area contributed by atoms with E-state index in [9.17, 15) is 10.1 Å². The summed E-state index contributed by atoms with van der Waals surface area (Å²) in [5, 5.41) is 14.1. The van der Waals surface area contributed by atoms with Crippen LogP contribution in [0.4, 0.5) is 17.3 Å². The summed E-state index contributed by atoms with van der Waals surface area (Å²) in [4.78, 5) is 25.7. The third kappa shape index (κ3) is 4.13. The molecule has 1 amide bonds. The summed E-state index contributed by atoms with van der Waals surface area (Å²) in [6, 6.07) is 13.5. The second-order valence-electron chi connectivity index (χ2n) is 7.91. The Bertz CT molecular complexity index is 1290. The van der Waals surface area contributed by atoms with Crippen LogP contribution in [0.15, 0.2) is 47.6 Å². The van der Waals surface area contributed by atoms with Crippen LogP contribution in [-0.4, -0.2) is 40.2 Å². The van der Waals surface area contributed by atoms with Crippen LogP contribution in [0.5, 0.6) is 0 Å². The molecule has 3 aromatic rings. The number of benzene rings is 2. The number of nitrogens with zero attached hydrogens (tertiary/aromatic N) is 5. The van der Waals surface area contributed by atoms with Gasteiger partial charge in [0.25, 0.3) is 5.91 Å². The highest BCUT2D eigenvalue weighted by Gasteiger charge is 2.30. The first-order valence-corrected chi connectivity index (χ1v) is 11.9. The number of carbonyl (C=O) groups is 1. The number of anilines is 3. The van der Waals surface area contributed by atoms with E-state index >= 15 is 0 Å². The van der Waals surface area contributed by atoms with Crippen LogP contribution in [0, 0.1) is 11.3 Å². The summed E-state index contributed by atoms with van der Waals surface area (Å²) < 4.78 is 0. The van der Waals surface area contributed by atoms with E-state index in [1.807, 2.05) is 25.2 Å². The molecule has 1 unspecified atom stereocenters. The number of halogens is 2. The van der Waals surface area contributed by atoms with Gasteiger partial charge in [-0.1, -0.05) is 47.1 Å². The van der Waals surface area contributed by atoms with Crippen molar-refractivity contribution in [2.24, 2.45) is 0 Å². The van der Waals surface area contributed by atoms with Crippen molar-refractivity contribution in [1.82, 2.24) is 14.9 Å². The van der Waals surface area contributed by atoms with Gasteiger partial charge in [-0.2, -0.15) is 5.26 Å². The molecule has 5 rings (SSSR count). The van der Waals surface area contributed by atoms with Gasteiger partial charge in [0.05, 0.1) is 39.2 Å². The van der Waals surface area contributed by atoms with Gasteiger partial charge in [-0.15, -0.1) is 0 Å². The lowest BCUT2D eigenvalue weighted by molar-refractivity contribution is 0.0985. The van der Waals surface area contributed by atoms with E-state index in [-0.39, 0.29) is 11.8 Å². The first kappa shape index (κ1) is 22.0. The molecule has 0 aliphatic carbocycles. The first-order valence-electron chi connectivity index (χ1n) is 10.2. The lowest BCUT2D eigenvalue weighted by Gasteiger charge is -2.29. The second-order valence-corrected chi connectivity index (χ2v) is 9.65. The van der Waals surface area contributed by atoms with Crippen LogP contribution in [0.25, 0.3) is 0 Å². The normalized spacial score (nSPS) is 17.8. The zero-order valence-electron chi connectivity index (χ0n) is 17.5. The lowest BCUT2D eigenvalue weighted by Crippen LogP contribution is -2.35. The van der Waals surface area contributed by atoms with Gasteiger partial charge in [-0.05, 0) is 42.4 Å². The molecule has 33 heavy (non-hydrogen) atoms. The van der Waals surface area contributed by atoms with Crippen LogP contribution in [0.1, 0.15) is 27.4 Å². The fourth-order valence-electron chi connectivity index (χ4n) is 4.09. The highest BCUT2D eigenvalue weighted by molar-refractivity contribution is 7.99. The number of likely N-dealkylation sites (N-methyl/N-ethyl adjacent to an activating group) is 1. The molecule has 0 saturated heterocycles. The number of para-hydroxylation sites is 1. The van der Waals surface area contributed by atoms with Crippen molar-refractivity contribution >= 4 is 58.2 Å². The van der Waals surface area contributed by atoms with Gasteiger partial charge < -0.3 is 10.2 Å². The number of aromatic nitrogens is 2. The summed E-state index contributed by atoms with van der Waals surface area (Å²) in [5.41, 5.74) is 3.89. The first-order chi connectivity index (χ1) is 15.9. The van der Waals surface area contributed by atoms with Crippen LogP contribution in [0.3, 0.4) is 0 Å². The van der Waals surface area contributed by atoms with Gasteiger partial charge in [0.1, 0.15) is 5.03 Å². The van der Waals surface area contributed by atoms with Crippen molar-refractivity contribution in [3.05, 3.63) is 69.3 Å². The predicted octanol–water partition coefficient (Wildman–Crippen LogP) is 5.29. The van der Waals surface area contributed by atoms with E-state index in [0.29, 0.717) is 38.1 Å². The van der Waals surface area contributed by atoms with Crippen molar-refractivity contribution in [2.45, 2.75) is 17.5 Å². The third-order valence-electron chi connectivity index (χ3n) is 5.63. The molecule has 1 atom stereocenters. The minimum Gasteiger partial charge on any atom is -0.324 e. The Kier molecular flexibility index (Phi) is 5.89. The summed E-state index contributed by atoms with van der Waals surface area (Å²) in [6.45, 7) is 1.50. The number of amides is 1. The van der Waals surface area contributed by atoms with E-state index in [1.165, 1.54) is 18.0 Å². The van der Waals surface area contributed by atoms with Gasteiger partial charge in [0, 0.05) is 25.0 Å². The van der Waals surface area contributed by atoms with Crippen molar-refractivity contribution in [3.8, 4) is 6.07 Å². The highest BCUT2D eigenvalue weighted by Crippen LogP contribution is 2.39. The molecule has 1 N–H and O–H groups in total. The monoisotopic (exact) mass is 496 g/mol. The fraction of sp³-hybridized carbons (Fsp3) is 0.217. The maximum absolute atomic E-state index is 13.1. The molecule has 10 heteroatoms. The Morgan fingerprint density at radius 2 is 2.03 bits per heavy atom. The molecule has 0 fully saturated rings. The molecular weight excluding hydrogens is 479 g/mol. The minimum absolute atomic E-state index is 0.134. The van der Waals surface area contributed by atoms with Crippen LogP contribution in [-0.2, 0) is 6.54 Å². The minimum atomic E-state index is -0.246. The third-order valence-corrected chi connectivity index (χ3v) is 7.21. The Hall–Kier alpha value is -2.83. The average Bonchev–Trinajstić information content (AvgIpc) is 2.79. The number of fused-ring (bicyclic) bond motifs is 2. The molecule has 1 aromatic heterocycles. The maximum atomic E-state index is 13.1. The zero-order valence-corrected chi connectivity index (χ0v) is 19.9. The van der Waals surface area contributed by atoms with E-state index < -0.39 is 0 Å². The van der Waals surface area contributed by atoms with E-state index in [2.05, 4.69) is 26.3 Å². The van der Waals surface area contributed by atoms with E-state index in [4.69, 9.17) is 23.2 Å². The summed E-state index contributed by atoms with van der Waals surface area (Å²) >= 11 is 14.0. The topological polar surface area (TPSA) is 85.2 Å². The Balaban J connectivity index is 1.39. The van der Waals surface area contributed by atoms with Crippen molar-refractivity contribution in [3.63, 3.8) is 0 Å². The van der Waals surface area contributed by atoms with Gasteiger partial charge in [-0.25, -0.2) is 9.97 Å². The van der Waals surface area contributed by atoms with Crippen molar-refractivity contribution in [2.75, 3.05) is 29.7 Å². The second kappa shape index (κ2) is 8.84. The molecule has 2 aliphatic heterocycles. The quantitative estimate of drug-likeness (QED) is 0.493. The van der Waals surface area contributed by atoms with Gasteiger partial charge in [-0.3, -0.25) is 9.69 Å². The van der Waals surface area contributed by atoms with Gasteiger partial charge in [0.2, 0.25) is 5.95 Å². The number of nitriles is 1. The van der Waals surface area contributed by atoms with Gasteiger partial charge in [0.15, 0.2) is 0 Å². The molecule has 0 saturated carbocycles. The molecule has 7 nitrogen and oxygen atoms in total. The van der Waals surface area contributed by atoms with E-state index in [0.717, 1.165) is 29.9 Å². The summed E-state index contributed by atoms with van der Waals surface area (Å²) in [7, 11) is 2.01. The largest absolute Gasteiger partial charge is 0.324 e. The SMILES string of the molecule is CN1Cc2cc(Nc3ncc4c(n3)SCN(c3c(Cl)cccc3Cl)C4=O)ccc2C(C#N)C1. The lowest BCUT2D eigenvalue weighted by atomic mass is 9.90. The van der Waals surface area contributed by atoms with Crippen LogP contribution >= 0.6 is 35.0 Å². The number of hydrogen-bond acceptors (Lipinski definition) is 7. The smallest absolute Gasteiger partial charge is 0.263 e. The highest BCUT2D eigenvalue weighted by atomic mass is 35.5. The molecule has 166 valence electrons. The number of nitrogens with one attached hydrogen (secondary N) is 1. The standard InChI is InChI=1S/C23H18Cl2N6OS/c1-30-10-13-7-15(5-6-16(13)14(8-26)11-30)28-23-27-9-17-21(29-23)33-12-31(22(17)32)20-18(24)3-2-4-19(20)25/h2-7,9,14H,10-12H2,1H3,(H,27,28,29). The van der Waals surface area contributed by atoms with Crippen LogP contribution < -0.4 is 10.2 Å². The van der Waals surface area contributed by atoms with Crippen molar-refractivity contribution < 1.29 is 4.79 Å². The number of hydrogen-bond donors (Lipinski definition) is 1. The summed E-state index contributed by atoms with van der Waals surface area (Å²) in [5.74, 6) is 0.362. The maximum Gasteiger partial charge on any atom is 0.263 e. The molecule has 2 aliphatic rings. The van der Waals surface area contributed by atoms with E-state index in [1.54, 1.807) is 23.1 Å². The number of thioether (sulfide) groups is 1. The fourth-order valence-corrected chi connectivity index (χ4v) is 5.64. The Morgan fingerprint density at radius 3 is 2.79 bits per heavy atom. The molecule has 0 radical (unpaired) electrons. The summed E-state index contributed by atoms with van der Waals surface area (Å²) in [6.07, 6.45) is 1.52. The number of rotatable bonds is 3. The molecule has 0 spiro atoms. The molecular formula is C23H18Cl2N6OS. The number of carbonyl (C=O) groups excluding carboxylic acids is 1. The molecule has 3 heterocycles. The predicted molar refractivity (Wildman–Crippen MR) is 130 cm³/mol. The zero-order chi connectivity index (χ0) is 23.1. The Morgan fingerprint density at radius 1 is 1.24 bits per heavy atom. The average molecular weight is 497 g/mol. The molecule has 0 bridgehead atoms. The van der Waals surface area contributed by atoms with Gasteiger partial charge >= 0.3 is 0 Å². The Labute approximate surface area is 205 Å².